The Labute approximate surface area is 198 Å². The molecule has 2 fully saturated rings. The molecule has 3 aromatic rings. The minimum Gasteiger partial charge on any atom is -0.479 e. The van der Waals surface area contributed by atoms with Gasteiger partial charge in [0.1, 0.15) is 17.2 Å². The number of ether oxygens (including phenoxy) is 1. The summed E-state index contributed by atoms with van der Waals surface area (Å²) >= 11 is 0. The van der Waals surface area contributed by atoms with Crippen LogP contribution in [0.2, 0.25) is 0 Å². The molecule has 0 aromatic carbocycles. The summed E-state index contributed by atoms with van der Waals surface area (Å²) in [6, 6.07) is 6.04. The van der Waals surface area contributed by atoms with E-state index in [4.69, 9.17) is 15.5 Å². The van der Waals surface area contributed by atoms with Crippen LogP contribution in [0, 0.1) is 18.8 Å². The third-order valence-corrected chi connectivity index (χ3v) is 7.47. The van der Waals surface area contributed by atoms with Crippen molar-refractivity contribution in [2.45, 2.75) is 38.8 Å². The second-order valence-corrected chi connectivity index (χ2v) is 9.65. The second-order valence-electron chi connectivity index (χ2n) is 9.65. The molecule has 9 nitrogen and oxygen atoms in total. The summed E-state index contributed by atoms with van der Waals surface area (Å²) in [6.07, 6.45) is 6.40. The molecule has 3 atom stereocenters. The topological polar surface area (TPSA) is 111 Å². The number of nitrogen functional groups attached to an aromatic ring is 1. The molecular weight excluding hydrogens is 430 g/mol. The Bertz CT molecular complexity index is 1260. The molecule has 0 bridgehead atoms. The number of anilines is 2. The van der Waals surface area contributed by atoms with Gasteiger partial charge >= 0.3 is 0 Å². The van der Waals surface area contributed by atoms with Crippen molar-refractivity contribution in [1.29, 1.82) is 0 Å². The Morgan fingerprint density at radius 2 is 2.09 bits per heavy atom. The number of piperidine rings is 1. The van der Waals surface area contributed by atoms with E-state index in [0.29, 0.717) is 23.8 Å². The largest absolute Gasteiger partial charge is 0.479 e. The first-order valence-electron chi connectivity index (χ1n) is 11.9. The quantitative estimate of drug-likeness (QED) is 0.583. The Balaban J connectivity index is 1.17. The average molecular weight is 460 g/mol. The van der Waals surface area contributed by atoms with Crippen molar-refractivity contribution in [2.24, 2.45) is 11.8 Å². The van der Waals surface area contributed by atoms with Crippen molar-refractivity contribution >= 4 is 17.5 Å². The second kappa shape index (κ2) is 8.00. The molecule has 3 aromatic heterocycles. The zero-order valence-corrected chi connectivity index (χ0v) is 19.5. The molecule has 2 aliphatic carbocycles. The first-order valence-corrected chi connectivity index (χ1v) is 11.9. The van der Waals surface area contributed by atoms with Gasteiger partial charge in [-0.2, -0.15) is 0 Å². The Kier molecular flexibility index (Phi) is 4.93. The van der Waals surface area contributed by atoms with Gasteiger partial charge in [-0.3, -0.25) is 9.48 Å². The van der Waals surface area contributed by atoms with Crippen molar-refractivity contribution in [1.82, 2.24) is 25.1 Å². The van der Waals surface area contributed by atoms with Crippen molar-refractivity contribution in [3.8, 4) is 5.88 Å². The lowest BCUT2D eigenvalue weighted by Gasteiger charge is -2.20. The number of carbonyl (C=O) groups is 1. The van der Waals surface area contributed by atoms with Gasteiger partial charge in [-0.05, 0) is 66.8 Å². The number of amides is 1. The highest BCUT2D eigenvalue weighted by molar-refractivity contribution is 5.96. The van der Waals surface area contributed by atoms with E-state index in [1.165, 1.54) is 13.5 Å². The maximum Gasteiger partial charge on any atom is 0.258 e. The molecular formula is C25H29N7O2. The van der Waals surface area contributed by atoms with Crippen molar-refractivity contribution in [3.05, 3.63) is 58.5 Å². The zero-order chi connectivity index (χ0) is 23.4. The molecule has 9 heteroatoms. The lowest BCUT2D eigenvalue weighted by Crippen LogP contribution is -2.27. The van der Waals surface area contributed by atoms with Crippen LogP contribution in [0.1, 0.15) is 51.6 Å². The van der Waals surface area contributed by atoms with E-state index >= 15 is 0 Å². The number of pyridine rings is 2. The van der Waals surface area contributed by atoms with Crippen molar-refractivity contribution < 1.29 is 9.53 Å². The molecule has 6 rings (SSSR count). The standard InChI is InChI=1S/C25H29N7O2/c1-14-15(3-6-22(28-14)31-10-16-9-17(16)11-31)12-32-13-20(25(30-32)34-2)24(33)29-21-5-4-19-18(21)7-8-27-23(19)26/h3,6-8,13,16-17,21H,4-5,9-12H2,1-2H3,(H2,26,27)(H,29,33). The van der Waals surface area contributed by atoms with Gasteiger partial charge in [0, 0.05) is 31.2 Å². The van der Waals surface area contributed by atoms with Crippen LogP contribution in [-0.2, 0) is 13.0 Å². The highest BCUT2D eigenvalue weighted by atomic mass is 16.5. The molecule has 3 N–H and O–H groups in total. The number of hydrogen-bond acceptors (Lipinski definition) is 7. The number of fused-ring (bicyclic) bond motifs is 2. The first kappa shape index (κ1) is 20.9. The van der Waals surface area contributed by atoms with Gasteiger partial charge in [-0.25, -0.2) is 9.97 Å². The Morgan fingerprint density at radius 1 is 1.26 bits per heavy atom. The minimum absolute atomic E-state index is 0.100. The predicted octanol–water partition coefficient (Wildman–Crippen LogP) is 2.49. The number of carbonyl (C=O) groups excluding carboxylic acids is 1. The highest BCUT2D eigenvalue weighted by Gasteiger charge is 2.45. The molecule has 3 aliphatic rings. The molecule has 0 radical (unpaired) electrons. The SMILES string of the molecule is COc1nn(Cc2ccc(N3CC4CC4C3)nc2C)cc1C(=O)NC1CCc2c1ccnc2N. The Hall–Kier alpha value is -3.62. The zero-order valence-electron chi connectivity index (χ0n) is 19.5. The van der Waals surface area contributed by atoms with Crippen LogP contribution in [-0.4, -0.2) is 45.9 Å². The van der Waals surface area contributed by atoms with Crippen LogP contribution < -0.4 is 20.7 Å². The summed E-state index contributed by atoms with van der Waals surface area (Å²) in [5.74, 6) is 3.43. The number of aromatic nitrogens is 4. The van der Waals surface area contributed by atoms with E-state index in [9.17, 15) is 4.79 Å². The van der Waals surface area contributed by atoms with Crippen LogP contribution in [0.4, 0.5) is 11.6 Å². The number of nitrogens with two attached hydrogens (primary N) is 1. The van der Waals surface area contributed by atoms with Crippen LogP contribution in [0.3, 0.4) is 0 Å². The molecule has 1 amide bonds. The van der Waals surface area contributed by atoms with Gasteiger partial charge in [0.25, 0.3) is 5.91 Å². The third-order valence-electron chi connectivity index (χ3n) is 7.47. The summed E-state index contributed by atoms with van der Waals surface area (Å²) in [7, 11) is 1.53. The van der Waals surface area contributed by atoms with Gasteiger partial charge in [-0.15, -0.1) is 5.10 Å². The van der Waals surface area contributed by atoms with E-state index in [-0.39, 0.29) is 11.9 Å². The van der Waals surface area contributed by atoms with Crippen molar-refractivity contribution in [3.63, 3.8) is 0 Å². The number of methoxy groups -OCH3 is 1. The number of hydrogen-bond donors (Lipinski definition) is 2. The maximum atomic E-state index is 13.1. The Morgan fingerprint density at radius 3 is 2.85 bits per heavy atom. The van der Waals surface area contributed by atoms with Crippen molar-refractivity contribution in [2.75, 3.05) is 30.8 Å². The van der Waals surface area contributed by atoms with Gasteiger partial charge in [0.2, 0.25) is 5.88 Å². The van der Waals surface area contributed by atoms with Crippen LogP contribution in [0.5, 0.6) is 5.88 Å². The molecule has 4 heterocycles. The highest BCUT2D eigenvalue weighted by Crippen LogP contribution is 2.46. The molecule has 1 saturated heterocycles. The number of nitrogens with one attached hydrogen (secondary N) is 1. The summed E-state index contributed by atoms with van der Waals surface area (Å²) in [6.45, 7) is 4.80. The normalized spacial score (nSPS) is 22.4. The van der Waals surface area contributed by atoms with E-state index in [1.807, 2.05) is 13.0 Å². The fourth-order valence-corrected chi connectivity index (χ4v) is 5.42. The van der Waals surface area contributed by atoms with E-state index in [0.717, 1.165) is 66.0 Å². The monoisotopic (exact) mass is 459 g/mol. The number of nitrogens with zero attached hydrogens (tertiary/aromatic N) is 5. The fourth-order valence-electron chi connectivity index (χ4n) is 5.42. The molecule has 3 unspecified atom stereocenters. The minimum atomic E-state index is -0.214. The molecule has 34 heavy (non-hydrogen) atoms. The van der Waals surface area contributed by atoms with E-state index in [1.54, 1.807) is 17.1 Å². The lowest BCUT2D eigenvalue weighted by molar-refractivity contribution is 0.0933. The van der Waals surface area contributed by atoms with Gasteiger partial charge in [-0.1, -0.05) is 6.07 Å². The van der Waals surface area contributed by atoms with Gasteiger partial charge < -0.3 is 20.7 Å². The smallest absolute Gasteiger partial charge is 0.258 e. The van der Waals surface area contributed by atoms with E-state index < -0.39 is 0 Å². The number of aryl methyl sites for hydroxylation is 1. The molecule has 176 valence electrons. The van der Waals surface area contributed by atoms with Crippen LogP contribution in [0.15, 0.2) is 30.6 Å². The number of rotatable bonds is 6. The average Bonchev–Trinajstić information content (AvgIpc) is 3.18. The van der Waals surface area contributed by atoms with Crippen LogP contribution in [0.25, 0.3) is 0 Å². The van der Waals surface area contributed by atoms with E-state index in [2.05, 4.69) is 32.4 Å². The van der Waals surface area contributed by atoms with Gasteiger partial charge in [0.05, 0.1) is 19.7 Å². The third kappa shape index (κ3) is 3.65. The first-order chi connectivity index (χ1) is 16.5. The molecule has 1 saturated carbocycles. The summed E-state index contributed by atoms with van der Waals surface area (Å²) in [5.41, 5.74) is 10.5. The fraction of sp³-hybridized carbons (Fsp3) is 0.440. The summed E-state index contributed by atoms with van der Waals surface area (Å²) < 4.78 is 7.17. The molecule has 1 aliphatic heterocycles. The molecule has 0 spiro atoms. The lowest BCUT2D eigenvalue weighted by atomic mass is 10.1. The summed E-state index contributed by atoms with van der Waals surface area (Å²) in [5, 5.41) is 7.61. The predicted molar refractivity (Wildman–Crippen MR) is 128 cm³/mol. The van der Waals surface area contributed by atoms with Gasteiger partial charge in [0.15, 0.2) is 0 Å². The van der Waals surface area contributed by atoms with Crippen LogP contribution >= 0.6 is 0 Å². The summed E-state index contributed by atoms with van der Waals surface area (Å²) in [4.78, 5) is 24.5. The maximum absolute atomic E-state index is 13.1.